The molecule has 2 rings (SSSR count). The van der Waals surface area contributed by atoms with Gasteiger partial charge < -0.3 is 5.32 Å². The van der Waals surface area contributed by atoms with E-state index in [2.05, 4.69) is 15.1 Å². The normalized spacial score (nSPS) is 11.7. The number of aromatic nitrogens is 2. The van der Waals surface area contributed by atoms with Crippen LogP contribution < -0.4 is 10.0 Å². The van der Waals surface area contributed by atoms with Crippen molar-refractivity contribution in [1.29, 1.82) is 0 Å². The van der Waals surface area contributed by atoms with E-state index in [4.69, 9.17) is 11.6 Å². The summed E-state index contributed by atoms with van der Waals surface area (Å²) in [6.45, 7) is 1.47. The minimum absolute atomic E-state index is 0.143. The summed E-state index contributed by atoms with van der Waals surface area (Å²) in [6.07, 6.45) is 2.84. The summed E-state index contributed by atoms with van der Waals surface area (Å²) in [4.78, 5) is 0.144. The van der Waals surface area contributed by atoms with E-state index in [1.54, 1.807) is 22.9 Å². The second-order valence-electron chi connectivity index (χ2n) is 4.46. The van der Waals surface area contributed by atoms with Crippen LogP contribution in [-0.4, -0.2) is 31.8 Å². The molecule has 1 aromatic heterocycles. The SMILES string of the molecule is CNCCn1cc(S(=O)(=O)NCc2ccccc2Cl)cn1. The average Bonchev–Trinajstić information content (AvgIpc) is 2.94. The molecule has 0 spiro atoms. The van der Waals surface area contributed by atoms with Crippen molar-refractivity contribution in [3.63, 3.8) is 0 Å². The Morgan fingerprint density at radius 3 is 2.81 bits per heavy atom. The summed E-state index contributed by atoms with van der Waals surface area (Å²) in [5, 5.41) is 7.53. The van der Waals surface area contributed by atoms with Gasteiger partial charge in [-0.15, -0.1) is 0 Å². The van der Waals surface area contributed by atoms with Crippen LogP contribution in [0.1, 0.15) is 5.56 Å². The zero-order valence-corrected chi connectivity index (χ0v) is 13.2. The number of rotatable bonds is 7. The third kappa shape index (κ3) is 4.28. The van der Waals surface area contributed by atoms with E-state index in [1.165, 1.54) is 12.4 Å². The van der Waals surface area contributed by atoms with Crippen molar-refractivity contribution in [2.24, 2.45) is 0 Å². The Kier molecular flexibility index (Phi) is 5.35. The van der Waals surface area contributed by atoms with Crippen molar-refractivity contribution in [2.45, 2.75) is 18.0 Å². The maximum atomic E-state index is 12.2. The lowest BCUT2D eigenvalue weighted by atomic mass is 10.2. The van der Waals surface area contributed by atoms with E-state index >= 15 is 0 Å². The molecule has 21 heavy (non-hydrogen) atoms. The molecule has 0 aliphatic carbocycles. The fraction of sp³-hybridized carbons (Fsp3) is 0.308. The summed E-state index contributed by atoms with van der Waals surface area (Å²) in [7, 11) is -1.77. The molecule has 1 heterocycles. The largest absolute Gasteiger partial charge is 0.318 e. The molecule has 0 atom stereocenters. The van der Waals surface area contributed by atoms with Crippen LogP contribution in [0, 0.1) is 0 Å². The molecule has 0 radical (unpaired) electrons. The number of hydrogen-bond acceptors (Lipinski definition) is 4. The lowest BCUT2D eigenvalue weighted by molar-refractivity contribution is 0.576. The van der Waals surface area contributed by atoms with E-state index in [-0.39, 0.29) is 11.4 Å². The van der Waals surface area contributed by atoms with Crippen molar-refractivity contribution in [3.8, 4) is 0 Å². The van der Waals surface area contributed by atoms with Crippen LogP contribution in [-0.2, 0) is 23.1 Å². The summed E-state index contributed by atoms with van der Waals surface area (Å²) >= 11 is 6.00. The van der Waals surface area contributed by atoms with Gasteiger partial charge in [-0.1, -0.05) is 29.8 Å². The smallest absolute Gasteiger partial charge is 0.243 e. The molecule has 0 amide bonds. The minimum Gasteiger partial charge on any atom is -0.318 e. The topological polar surface area (TPSA) is 76.0 Å². The molecule has 2 aromatic rings. The van der Waals surface area contributed by atoms with Crippen molar-refractivity contribution in [1.82, 2.24) is 19.8 Å². The van der Waals surface area contributed by atoms with Crippen LogP contribution in [0.15, 0.2) is 41.6 Å². The number of likely N-dealkylation sites (N-methyl/N-ethyl adjacent to an activating group) is 1. The van der Waals surface area contributed by atoms with Gasteiger partial charge in [0.15, 0.2) is 0 Å². The van der Waals surface area contributed by atoms with Gasteiger partial charge >= 0.3 is 0 Å². The summed E-state index contributed by atoms with van der Waals surface area (Å²) in [5.74, 6) is 0. The van der Waals surface area contributed by atoms with Crippen LogP contribution >= 0.6 is 11.6 Å². The second kappa shape index (κ2) is 7.04. The van der Waals surface area contributed by atoms with E-state index < -0.39 is 10.0 Å². The highest BCUT2D eigenvalue weighted by Crippen LogP contribution is 2.15. The van der Waals surface area contributed by atoms with Gasteiger partial charge in [-0.25, -0.2) is 13.1 Å². The Bertz CT molecular complexity index is 700. The fourth-order valence-corrected chi connectivity index (χ4v) is 2.89. The van der Waals surface area contributed by atoms with Gasteiger partial charge in [-0.2, -0.15) is 5.10 Å². The molecule has 0 aliphatic heterocycles. The van der Waals surface area contributed by atoms with Gasteiger partial charge in [0, 0.05) is 24.3 Å². The Balaban J connectivity index is 2.05. The van der Waals surface area contributed by atoms with Crippen molar-refractivity contribution in [2.75, 3.05) is 13.6 Å². The third-order valence-electron chi connectivity index (χ3n) is 2.92. The van der Waals surface area contributed by atoms with E-state index in [1.807, 2.05) is 13.1 Å². The fourth-order valence-electron chi connectivity index (χ4n) is 1.73. The Morgan fingerprint density at radius 1 is 1.33 bits per heavy atom. The van der Waals surface area contributed by atoms with Crippen LogP contribution in [0.2, 0.25) is 5.02 Å². The van der Waals surface area contributed by atoms with Crippen molar-refractivity contribution < 1.29 is 8.42 Å². The molecule has 2 N–H and O–H groups in total. The quantitative estimate of drug-likeness (QED) is 0.801. The molecule has 0 fully saturated rings. The van der Waals surface area contributed by atoms with Gasteiger partial charge in [-0.05, 0) is 18.7 Å². The second-order valence-corrected chi connectivity index (χ2v) is 6.63. The standard InChI is InChI=1S/C13H17ClN4O2S/c1-15-6-7-18-10-12(9-16-18)21(19,20)17-8-11-4-2-3-5-13(11)14/h2-5,9-10,15,17H,6-8H2,1H3. The predicted molar refractivity (Wildman–Crippen MR) is 81.6 cm³/mol. The first-order valence-corrected chi connectivity index (χ1v) is 8.29. The highest BCUT2D eigenvalue weighted by Gasteiger charge is 2.16. The van der Waals surface area contributed by atoms with Gasteiger partial charge in [-0.3, -0.25) is 4.68 Å². The molecule has 8 heteroatoms. The molecule has 114 valence electrons. The van der Waals surface area contributed by atoms with Gasteiger partial charge in [0.25, 0.3) is 0 Å². The Labute approximate surface area is 129 Å². The lowest BCUT2D eigenvalue weighted by Gasteiger charge is -2.06. The molecule has 6 nitrogen and oxygen atoms in total. The molecule has 1 aromatic carbocycles. The molecular weight excluding hydrogens is 312 g/mol. The van der Waals surface area contributed by atoms with Gasteiger partial charge in [0.2, 0.25) is 10.0 Å². The third-order valence-corrected chi connectivity index (χ3v) is 4.65. The highest BCUT2D eigenvalue weighted by molar-refractivity contribution is 7.89. The lowest BCUT2D eigenvalue weighted by Crippen LogP contribution is -2.23. The molecule has 0 bridgehead atoms. The first kappa shape index (κ1) is 16.0. The van der Waals surface area contributed by atoms with Crippen LogP contribution in [0.25, 0.3) is 0 Å². The number of sulfonamides is 1. The number of benzene rings is 1. The first-order chi connectivity index (χ1) is 10.0. The van der Waals surface area contributed by atoms with Gasteiger partial charge in [0.05, 0.1) is 12.7 Å². The van der Waals surface area contributed by atoms with Crippen molar-refractivity contribution in [3.05, 3.63) is 47.2 Å². The summed E-state index contributed by atoms with van der Waals surface area (Å²) in [5.41, 5.74) is 0.727. The first-order valence-electron chi connectivity index (χ1n) is 6.43. The number of hydrogen-bond donors (Lipinski definition) is 2. The highest BCUT2D eigenvalue weighted by atomic mass is 35.5. The molecule has 0 unspecified atom stereocenters. The monoisotopic (exact) mass is 328 g/mol. The average molecular weight is 329 g/mol. The molecular formula is C13H17ClN4O2S. The zero-order chi connectivity index (χ0) is 15.3. The number of nitrogens with zero attached hydrogens (tertiary/aromatic N) is 2. The zero-order valence-electron chi connectivity index (χ0n) is 11.6. The Morgan fingerprint density at radius 2 is 2.10 bits per heavy atom. The van der Waals surface area contributed by atoms with E-state index in [0.717, 1.165) is 5.56 Å². The molecule has 0 saturated carbocycles. The molecule has 0 saturated heterocycles. The predicted octanol–water partition coefficient (Wildman–Crippen LogP) is 1.23. The van der Waals surface area contributed by atoms with Gasteiger partial charge in [0.1, 0.15) is 4.90 Å². The van der Waals surface area contributed by atoms with E-state index in [9.17, 15) is 8.42 Å². The van der Waals surface area contributed by atoms with E-state index in [0.29, 0.717) is 18.1 Å². The molecule has 0 aliphatic rings. The minimum atomic E-state index is -3.59. The van der Waals surface area contributed by atoms with Crippen LogP contribution in [0.5, 0.6) is 0 Å². The van der Waals surface area contributed by atoms with Crippen LogP contribution in [0.4, 0.5) is 0 Å². The maximum Gasteiger partial charge on any atom is 0.243 e. The number of halogens is 1. The Hall–Kier alpha value is -1.41. The maximum absolute atomic E-state index is 12.2. The summed E-state index contributed by atoms with van der Waals surface area (Å²) < 4.78 is 28.5. The summed E-state index contributed by atoms with van der Waals surface area (Å²) in [6, 6.07) is 7.11. The van der Waals surface area contributed by atoms with Crippen LogP contribution in [0.3, 0.4) is 0 Å². The number of nitrogens with one attached hydrogen (secondary N) is 2. The van der Waals surface area contributed by atoms with Crippen molar-refractivity contribution >= 4 is 21.6 Å².